The third-order valence-electron chi connectivity index (χ3n) is 1.97. The highest BCUT2D eigenvalue weighted by atomic mass is 35.5. The van der Waals surface area contributed by atoms with Gasteiger partial charge in [-0.3, -0.25) is 4.79 Å². The van der Waals surface area contributed by atoms with Gasteiger partial charge in [-0.05, 0) is 6.07 Å². The Hall–Kier alpha value is -1.68. The minimum atomic E-state index is -0.399. The van der Waals surface area contributed by atoms with Crippen LogP contribution in [0.1, 0.15) is 10.4 Å². The maximum absolute atomic E-state index is 11.5. The molecule has 0 aliphatic rings. The van der Waals surface area contributed by atoms with Crippen molar-refractivity contribution < 1.29 is 19.4 Å². The number of halogens is 1. The molecule has 0 heterocycles. The fourth-order valence-electron chi connectivity index (χ4n) is 1.21. The van der Waals surface area contributed by atoms with Gasteiger partial charge in [-0.2, -0.15) is 0 Å². The lowest BCUT2D eigenvalue weighted by molar-refractivity contribution is 0.104. The molecule has 1 aromatic rings. The Kier molecular flexibility index (Phi) is 4.19. The maximum Gasteiger partial charge on any atom is 0.192 e. The summed E-state index contributed by atoms with van der Waals surface area (Å²) in [5.41, 5.74) is 0.263. The Labute approximate surface area is 98.1 Å². The molecule has 0 atom stereocenters. The molecular formula is C11H11ClO4. The summed E-state index contributed by atoms with van der Waals surface area (Å²) in [6.45, 7) is 0. The van der Waals surface area contributed by atoms with Crippen LogP contribution in [0.5, 0.6) is 11.5 Å². The van der Waals surface area contributed by atoms with Crippen molar-refractivity contribution >= 4 is 17.4 Å². The van der Waals surface area contributed by atoms with E-state index in [1.807, 2.05) is 0 Å². The van der Waals surface area contributed by atoms with Gasteiger partial charge in [0.25, 0.3) is 0 Å². The first-order valence-corrected chi connectivity index (χ1v) is 4.78. The minimum Gasteiger partial charge on any atom is -0.515 e. The lowest BCUT2D eigenvalue weighted by Crippen LogP contribution is -2.00. The SMILES string of the molecule is COc1cc(OC)c(C(=O)C=CO)cc1Cl. The summed E-state index contributed by atoms with van der Waals surface area (Å²) < 4.78 is 10.0. The molecule has 5 heteroatoms. The quantitative estimate of drug-likeness (QED) is 0.501. The van der Waals surface area contributed by atoms with Gasteiger partial charge in [-0.1, -0.05) is 11.6 Å². The Balaban J connectivity index is 3.28. The van der Waals surface area contributed by atoms with Gasteiger partial charge in [0.1, 0.15) is 11.5 Å². The van der Waals surface area contributed by atoms with Gasteiger partial charge < -0.3 is 14.6 Å². The fraction of sp³-hybridized carbons (Fsp3) is 0.182. The van der Waals surface area contributed by atoms with Crippen LogP contribution in [0.25, 0.3) is 0 Å². The third kappa shape index (κ3) is 2.46. The summed E-state index contributed by atoms with van der Waals surface area (Å²) in [4.78, 5) is 11.5. The zero-order valence-electron chi connectivity index (χ0n) is 8.86. The Morgan fingerprint density at radius 2 is 1.94 bits per heavy atom. The average molecular weight is 243 g/mol. The van der Waals surface area contributed by atoms with Crippen LogP contribution in [0.4, 0.5) is 0 Å². The van der Waals surface area contributed by atoms with E-state index in [2.05, 4.69) is 0 Å². The highest BCUT2D eigenvalue weighted by Crippen LogP contribution is 2.32. The van der Waals surface area contributed by atoms with Gasteiger partial charge in [-0.25, -0.2) is 0 Å². The molecule has 0 unspecified atom stereocenters. The monoisotopic (exact) mass is 242 g/mol. The van der Waals surface area contributed by atoms with Crippen molar-refractivity contribution in [1.82, 2.24) is 0 Å². The number of benzene rings is 1. The molecule has 0 saturated heterocycles. The van der Waals surface area contributed by atoms with E-state index in [4.69, 9.17) is 26.2 Å². The molecule has 0 spiro atoms. The highest BCUT2D eigenvalue weighted by molar-refractivity contribution is 6.32. The number of allylic oxidation sites excluding steroid dienone is 1. The van der Waals surface area contributed by atoms with Crippen LogP contribution in [0.15, 0.2) is 24.5 Å². The van der Waals surface area contributed by atoms with Gasteiger partial charge in [0, 0.05) is 12.1 Å². The van der Waals surface area contributed by atoms with Gasteiger partial charge >= 0.3 is 0 Å². The van der Waals surface area contributed by atoms with E-state index < -0.39 is 5.78 Å². The number of hydrogen-bond donors (Lipinski definition) is 1. The fourth-order valence-corrected chi connectivity index (χ4v) is 1.45. The Bertz CT molecular complexity index is 426. The summed E-state index contributed by atoms with van der Waals surface area (Å²) in [5.74, 6) is 0.358. The number of carbonyl (C=O) groups excluding carboxylic acids is 1. The predicted molar refractivity (Wildman–Crippen MR) is 60.7 cm³/mol. The number of ether oxygens (including phenoxy) is 2. The van der Waals surface area contributed by atoms with Crippen molar-refractivity contribution in [2.45, 2.75) is 0 Å². The summed E-state index contributed by atoms with van der Waals surface area (Å²) >= 11 is 5.88. The smallest absolute Gasteiger partial charge is 0.192 e. The van der Waals surface area contributed by atoms with Crippen LogP contribution in [-0.4, -0.2) is 25.1 Å². The number of methoxy groups -OCH3 is 2. The van der Waals surface area contributed by atoms with E-state index in [-0.39, 0.29) is 5.56 Å². The van der Waals surface area contributed by atoms with E-state index in [0.29, 0.717) is 22.8 Å². The minimum absolute atomic E-state index is 0.263. The standard InChI is InChI=1S/C11H11ClO4/c1-15-10-6-11(16-2)8(12)5-7(10)9(14)3-4-13/h3-6,13H,1-2H3. The molecular weight excluding hydrogens is 232 g/mol. The molecule has 1 N–H and O–H groups in total. The van der Waals surface area contributed by atoms with Crippen molar-refractivity contribution in [2.75, 3.05) is 14.2 Å². The zero-order valence-corrected chi connectivity index (χ0v) is 9.62. The van der Waals surface area contributed by atoms with Crippen LogP contribution in [-0.2, 0) is 0 Å². The van der Waals surface area contributed by atoms with E-state index in [1.54, 1.807) is 0 Å². The van der Waals surface area contributed by atoms with Crippen LogP contribution < -0.4 is 9.47 Å². The summed E-state index contributed by atoms with van der Waals surface area (Å²) in [5, 5.41) is 8.84. The summed E-state index contributed by atoms with van der Waals surface area (Å²) in [6.07, 6.45) is 1.68. The molecule has 16 heavy (non-hydrogen) atoms. The Morgan fingerprint density at radius 1 is 1.31 bits per heavy atom. The normalized spacial score (nSPS) is 10.4. The molecule has 0 bridgehead atoms. The molecule has 0 amide bonds. The largest absolute Gasteiger partial charge is 0.515 e. The number of aliphatic hydroxyl groups is 1. The van der Waals surface area contributed by atoms with Crippen LogP contribution >= 0.6 is 11.6 Å². The number of rotatable bonds is 4. The number of carbonyl (C=O) groups is 1. The highest BCUT2D eigenvalue weighted by Gasteiger charge is 2.14. The van der Waals surface area contributed by atoms with Gasteiger partial charge in [-0.15, -0.1) is 0 Å². The number of hydrogen-bond acceptors (Lipinski definition) is 4. The lowest BCUT2D eigenvalue weighted by Gasteiger charge is -2.09. The van der Waals surface area contributed by atoms with Crippen LogP contribution in [0.2, 0.25) is 5.02 Å². The van der Waals surface area contributed by atoms with E-state index in [0.717, 1.165) is 6.08 Å². The molecule has 0 saturated carbocycles. The molecule has 1 aromatic carbocycles. The first-order valence-electron chi connectivity index (χ1n) is 4.40. The molecule has 0 aromatic heterocycles. The van der Waals surface area contributed by atoms with E-state index in [9.17, 15) is 4.79 Å². The molecule has 0 aliphatic heterocycles. The van der Waals surface area contributed by atoms with Crippen LogP contribution in [0, 0.1) is 0 Å². The second kappa shape index (κ2) is 5.42. The Morgan fingerprint density at radius 3 is 2.44 bits per heavy atom. The topological polar surface area (TPSA) is 55.8 Å². The van der Waals surface area contributed by atoms with E-state index >= 15 is 0 Å². The second-order valence-electron chi connectivity index (χ2n) is 2.87. The summed E-state index contributed by atoms with van der Waals surface area (Å²) in [6, 6.07) is 2.95. The summed E-state index contributed by atoms with van der Waals surface area (Å²) in [7, 11) is 2.90. The molecule has 86 valence electrons. The van der Waals surface area contributed by atoms with E-state index in [1.165, 1.54) is 26.4 Å². The lowest BCUT2D eigenvalue weighted by atomic mass is 10.1. The van der Waals surface area contributed by atoms with Gasteiger partial charge in [0.2, 0.25) is 0 Å². The first-order chi connectivity index (χ1) is 7.63. The maximum atomic E-state index is 11.5. The molecule has 0 radical (unpaired) electrons. The molecule has 0 fully saturated rings. The molecule has 1 rings (SSSR count). The van der Waals surface area contributed by atoms with Crippen molar-refractivity contribution in [3.8, 4) is 11.5 Å². The van der Waals surface area contributed by atoms with Crippen molar-refractivity contribution in [3.63, 3.8) is 0 Å². The van der Waals surface area contributed by atoms with Crippen molar-refractivity contribution in [2.24, 2.45) is 0 Å². The third-order valence-corrected chi connectivity index (χ3v) is 2.26. The van der Waals surface area contributed by atoms with Crippen molar-refractivity contribution in [3.05, 3.63) is 35.1 Å². The average Bonchev–Trinajstić information content (AvgIpc) is 2.29. The molecule has 0 aliphatic carbocycles. The van der Waals surface area contributed by atoms with Crippen LogP contribution in [0.3, 0.4) is 0 Å². The van der Waals surface area contributed by atoms with Crippen molar-refractivity contribution in [1.29, 1.82) is 0 Å². The first kappa shape index (κ1) is 12.4. The predicted octanol–water partition coefficient (Wildman–Crippen LogP) is 2.61. The van der Waals surface area contributed by atoms with Gasteiger partial charge in [0.15, 0.2) is 5.78 Å². The molecule has 4 nitrogen and oxygen atoms in total. The zero-order chi connectivity index (χ0) is 12.1. The second-order valence-corrected chi connectivity index (χ2v) is 3.27. The number of aliphatic hydroxyl groups excluding tert-OH is 1. The van der Waals surface area contributed by atoms with Gasteiger partial charge in [0.05, 0.1) is 31.1 Å². The number of ketones is 1.